The average molecular weight is 347 g/mol. The maximum Gasteiger partial charge on any atom is 0.318 e. The third kappa shape index (κ3) is 3.04. The summed E-state index contributed by atoms with van der Waals surface area (Å²) in [4.78, 5) is 29.0. The molecule has 3 rings (SSSR count). The molecular weight excluding hydrogens is 327 g/mol. The molecular formula is C14H20Cl2N4O2. The number of aryl methyl sites for hydroxylation is 2. The molecule has 0 amide bonds. The summed E-state index contributed by atoms with van der Waals surface area (Å²) >= 11 is 0. The Bertz CT molecular complexity index is 779. The maximum absolute atomic E-state index is 12.4. The second-order valence-electron chi connectivity index (χ2n) is 5.32. The Balaban J connectivity index is 0.00000121. The van der Waals surface area contributed by atoms with Gasteiger partial charge < -0.3 is 9.88 Å². The molecule has 6 nitrogen and oxygen atoms in total. The molecule has 122 valence electrons. The van der Waals surface area contributed by atoms with Gasteiger partial charge in [0.15, 0.2) is 5.65 Å². The molecule has 8 heteroatoms. The van der Waals surface area contributed by atoms with E-state index in [1.54, 1.807) is 11.6 Å². The number of halogens is 2. The van der Waals surface area contributed by atoms with Gasteiger partial charge in [-0.3, -0.25) is 14.2 Å². The Hall–Kier alpha value is -1.37. The summed E-state index contributed by atoms with van der Waals surface area (Å²) in [5.74, 6) is 0. The molecule has 0 spiro atoms. The van der Waals surface area contributed by atoms with Crippen molar-refractivity contribution in [3.05, 3.63) is 38.5 Å². The average Bonchev–Trinajstić information content (AvgIpc) is 2.46. The van der Waals surface area contributed by atoms with Gasteiger partial charge in [0.05, 0.1) is 5.52 Å². The first kappa shape index (κ1) is 18.7. The predicted octanol–water partition coefficient (Wildman–Crippen LogP) is 1.17. The SMILES string of the molecule is Cc1ccc2c(n1)n(C1CCNCC1)c(=O)c(=O)n2C.Cl.Cl. The lowest BCUT2D eigenvalue weighted by atomic mass is 10.1. The summed E-state index contributed by atoms with van der Waals surface area (Å²) in [5, 5.41) is 3.27. The lowest BCUT2D eigenvalue weighted by Gasteiger charge is -2.25. The Labute approximate surface area is 140 Å². The summed E-state index contributed by atoms with van der Waals surface area (Å²) in [6.45, 7) is 3.61. The topological polar surface area (TPSA) is 68.9 Å². The number of hydrogen-bond donors (Lipinski definition) is 1. The molecule has 2 aromatic rings. The summed E-state index contributed by atoms with van der Waals surface area (Å²) in [5.41, 5.74) is 1.22. The smallest absolute Gasteiger partial charge is 0.317 e. The van der Waals surface area contributed by atoms with Crippen molar-refractivity contribution >= 4 is 36.0 Å². The number of pyridine rings is 1. The van der Waals surface area contributed by atoms with E-state index in [4.69, 9.17) is 0 Å². The van der Waals surface area contributed by atoms with Gasteiger partial charge in [-0.05, 0) is 45.0 Å². The zero-order chi connectivity index (χ0) is 14.3. The molecule has 0 saturated carbocycles. The molecule has 1 N–H and O–H groups in total. The zero-order valence-electron chi connectivity index (χ0n) is 12.5. The molecule has 1 fully saturated rings. The van der Waals surface area contributed by atoms with E-state index in [0.717, 1.165) is 31.6 Å². The van der Waals surface area contributed by atoms with Crippen molar-refractivity contribution in [2.24, 2.45) is 7.05 Å². The number of nitrogens with zero attached hydrogens (tertiary/aromatic N) is 3. The van der Waals surface area contributed by atoms with Crippen LogP contribution in [0.1, 0.15) is 24.6 Å². The lowest BCUT2D eigenvalue weighted by Crippen LogP contribution is -2.44. The standard InChI is InChI=1S/C14H18N4O2.2ClH/c1-9-3-4-11-12(16-9)18(10-5-7-15-8-6-10)14(20)13(19)17(11)2;;/h3-4,10,15H,5-8H2,1-2H3;2*1H. The van der Waals surface area contributed by atoms with Crippen LogP contribution in [0.4, 0.5) is 0 Å². The van der Waals surface area contributed by atoms with Gasteiger partial charge in [-0.2, -0.15) is 0 Å². The zero-order valence-corrected chi connectivity index (χ0v) is 14.2. The van der Waals surface area contributed by atoms with Gasteiger partial charge in [-0.1, -0.05) is 0 Å². The lowest BCUT2D eigenvalue weighted by molar-refractivity contribution is 0.365. The van der Waals surface area contributed by atoms with Crippen LogP contribution in [0.15, 0.2) is 21.7 Å². The van der Waals surface area contributed by atoms with E-state index in [1.165, 1.54) is 4.57 Å². The molecule has 1 aliphatic rings. The molecule has 0 aliphatic carbocycles. The van der Waals surface area contributed by atoms with Crippen molar-refractivity contribution in [2.75, 3.05) is 13.1 Å². The summed E-state index contributed by atoms with van der Waals surface area (Å²) in [6, 6.07) is 3.77. The molecule has 2 aromatic heterocycles. The molecule has 0 atom stereocenters. The fraction of sp³-hybridized carbons (Fsp3) is 0.500. The summed E-state index contributed by atoms with van der Waals surface area (Å²) in [7, 11) is 1.62. The number of rotatable bonds is 1. The highest BCUT2D eigenvalue weighted by molar-refractivity contribution is 5.85. The highest BCUT2D eigenvalue weighted by Crippen LogP contribution is 2.20. The largest absolute Gasteiger partial charge is 0.318 e. The molecule has 0 radical (unpaired) electrons. The first-order valence-corrected chi connectivity index (χ1v) is 6.89. The minimum atomic E-state index is -0.485. The van der Waals surface area contributed by atoms with Crippen molar-refractivity contribution < 1.29 is 0 Å². The molecule has 0 aromatic carbocycles. The fourth-order valence-corrected chi connectivity index (χ4v) is 2.83. The highest BCUT2D eigenvalue weighted by Gasteiger charge is 2.21. The van der Waals surface area contributed by atoms with Crippen molar-refractivity contribution in [2.45, 2.75) is 25.8 Å². The van der Waals surface area contributed by atoms with Crippen LogP contribution < -0.4 is 16.4 Å². The van der Waals surface area contributed by atoms with E-state index < -0.39 is 11.1 Å². The van der Waals surface area contributed by atoms with Gasteiger partial charge in [0, 0.05) is 18.8 Å². The van der Waals surface area contributed by atoms with Gasteiger partial charge in [0.25, 0.3) is 0 Å². The van der Waals surface area contributed by atoms with Crippen LogP contribution in [0, 0.1) is 6.92 Å². The quantitative estimate of drug-likeness (QED) is 0.787. The van der Waals surface area contributed by atoms with Crippen molar-refractivity contribution in [3.8, 4) is 0 Å². The predicted molar refractivity (Wildman–Crippen MR) is 91.6 cm³/mol. The third-order valence-electron chi connectivity index (χ3n) is 3.96. The van der Waals surface area contributed by atoms with E-state index in [-0.39, 0.29) is 30.9 Å². The number of fused-ring (bicyclic) bond motifs is 1. The van der Waals surface area contributed by atoms with Crippen molar-refractivity contribution in [1.29, 1.82) is 0 Å². The van der Waals surface area contributed by atoms with Crippen LogP contribution in [-0.4, -0.2) is 27.2 Å². The van der Waals surface area contributed by atoms with Crippen LogP contribution >= 0.6 is 24.8 Å². The normalized spacial score (nSPS) is 15.2. The van der Waals surface area contributed by atoms with Crippen LogP contribution in [0.2, 0.25) is 0 Å². The summed E-state index contributed by atoms with van der Waals surface area (Å²) in [6.07, 6.45) is 1.69. The van der Waals surface area contributed by atoms with Gasteiger partial charge in [-0.15, -0.1) is 24.8 Å². The number of piperidine rings is 1. The van der Waals surface area contributed by atoms with Crippen molar-refractivity contribution in [3.63, 3.8) is 0 Å². The van der Waals surface area contributed by atoms with E-state index in [0.29, 0.717) is 11.2 Å². The highest BCUT2D eigenvalue weighted by atomic mass is 35.5. The fourth-order valence-electron chi connectivity index (χ4n) is 2.83. The molecule has 1 saturated heterocycles. The van der Waals surface area contributed by atoms with Gasteiger partial charge in [0.1, 0.15) is 0 Å². The Morgan fingerprint density at radius 3 is 2.41 bits per heavy atom. The molecule has 1 aliphatic heterocycles. The van der Waals surface area contributed by atoms with Gasteiger partial charge in [0.2, 0.25) is 0 Å². The van der Waals surface area contributed by atoms with E-state index in [9.17, 15) is 9.59 Å². The first-order valence-electron chi connectivity index (χ1n) is 6.89. The second-order valence-corrected chi connectivity index (χ2v) is 5.32. The van der Waals surface area contributed by atoms with E-state index >= 15 is 0 Å². The first-order chi connectivity index (χ1) is 9.59. The molecule has 22 heavy (non-hydrogen) atoms. The molecule has 0 bridgehead atoms. The number of aromatic nitrogens is 3. The maximum atomic E-state index is 12.4. The van der Waals surface area contributed by atoms with Gasteiger partial charge in [-0.25, -0.2) is 4.98 Å². The third-order valence-corrected chi connectivity index (χ3v) is 3.96. The van der Waals surface area contributed by atoms with Crippen LogP contribution in [-0.2, 0) is 7.05 Å². The second kappa shape index (κ2) is 7.26. The van der Waals surface area contributed by atoms with Crippen molar-refractivity contribution in [1.82, 2.24) is 19.4 Å². The Kier molecular flexibility index (Phi) is 6.17. The number of hydrogen-bond acceptors (Lipinski definition) is 4. The van der Waals surface area contributed by atoms with Crippen LogP contribution in [0.5, 0.6) is 0 Å². The number of nitrogens with one attached hydrogen (secondary N) is 1. The molecule has 0 unspecified atom stereocenters. The van der Waals surface area contributed by atoms with Crippen LogP contribution in [0.3, 0.4) is 0 Å². The Morgan fingerprint density at radius 1 is 1.14 bits per heavy atom. The van der Waals surface area contributed by atoms with E-state index in [1.807, 2.05) is 19.1 Å². The van der Waals surface area contributed by atoms with E-state index in [2.05, 4.69) is 10.3 Å². The summed E-state index contributed by atoms with van der Waals surface area (Å²) < 4.78 is 2.99. The van der Waals surface area contributed by atoms with Gasteiger partial charge >= 0.3 is 11.1 Å². The minimum absolute atomic E-state index is 0. The Morgan fingerprint density at radius 2 is 1.77 bits per heavy atom. The molecule has 3 heterocycles. The minimum Gasteiger partial charge on any atom is -0.317 e. The monoisotopic (exact) mass is 346 g/mol. The van der Waals surface area contributed by atoms with Crippen LogP contribution in [0.25, 0.3) is 11.2 Å².